The minimum Gasteiger partial charge on any atom is -0.489 e. The molecule has 0 saturated heterocycles. The van der Waals surface area contributed by atoms with Gasteiger partial charge in [-0.25, -0.2) is 18.5 Å². The molecule has 2 rings (SSSR count). The zero-order valence-corrected chi connectivity index (χ0v) is 9.61. The molecule has 1 heterocycles. The molecule has 0 aliphatic heterocycles. The van der Waals surface area contributed by atoms with Crippen LogP contribution in [-0.4, -0.2) is 25.4 Å². The summed E-state index contributed by atoms with van der Waals surface area (Å²) < 4.78 is 27.7. The molecule has 1 aromatic rings. The maximum Gasteiger partial charge on any atom is 0.256 e. The van der Waals surface area contributed by atoms with Crippen LogP contribution in [0.2, 0.25) is 0 Å². The van der Waals surface area contributed by atoms with E-state index in [1.165, 1.54) is 12.3 Å². The van der Waals surface area contributed by atoms with Gasteiger partial charge in [0, 0.05) is 0 Å². The first-order chi connectivity index (χ1) is 7.88. The Hall–Kier alpha value is -1.67. The third-order valence-electron chi connectivity index (χ3n) is 2.19. The summed E-state index contributed by atoms with van der Waals surface area (Å²) in [7, 11) is -4.08. The fourth-order valence-electron chi connectivity index (χ4n) is 1.28. The largest absolute Gasteiger partial charge is 0.489 e. The van der Waals surface area contributed by atoms with E-state index in [-0.39, 0.29) is 11.7 Å². The number of hydrogen-bond donors (Lipinski definition) is 2. The molecule has 1 saturated carbocycles. The van der Waals surface area contributed by atoms with E-state index in [9.17, 15) is 13.2 Å². The predicted octanol–water partition coefficient (Wildman–Crippen LogP) is -0.631. The number of hydrogen-bond acceptors (Lipinski definition) is 5. The molecule has 0 bridgehead atoms. The second-order valence-corrected chi connectivity index (χ2v) is 5.23. The number of ether oxygens (including phenoxy) is 1. The first-order valence-electron chi connectivity index (χ1n) is 4.87. The lowest BCUT2D eigenvalue weighted by Gasteiger charge is -2.07. The Labute approximate surface area is 97.8 Å². The van der Waals surface area contributed by atoms with Gasteiger partial charge in [0.2, 0.25) is 0 Å². The number of pyridine rings is 1. The highest BCUT2D eigenvalue weighted by Gasteiger charge is 2.25. The molecule has 0 spiro atoms. The normalized spacial score (nSPS) is 15.6. The number of nitrogens with two attached hydrogens (primary N) is 2. The van der Waals surface area contributed by atoms with E-state index in [1.807, 2.05) is 0 Å². The first kappa shape index (κ1) is 11.8. The van der Waals surface area contributed by atoms with Crippen molar-refractivity contribution in [1.82, 2.24) is 4.98 Å². The van der Waals surface area contributed by atoms with Crippen LogP contribution in [0.25, 0.3) is 0 Å². The molecule has 92 valence electrons. The van der Waals surface area contributed by atoms with Crippen LogP contribution >= 0.6 is 0 Å². The van der Waals surface area contributed by atoms with Crippen molar-refractivity contribution in [3.63, 3.8) is 0 Å². The average Bonchev–Trinajstić information content (AvgIpc) is 2.99. The van der Waals surface area contributed by atoms with Crippen molar-refractivity contribution >= 4 is 15.9 Å². The second-order valence-electron chi connectivity index (χ2n) is 3.75. The maximum atomic E-state index is 11.2. The molecule has 1 aliphatic rings. The molecule has 0 aromatic carbocycles. The summed E-state index contributed by atoms with van der Waals surface area (Å²) in [5.41, 5.74) is 4.81. The van der Waals surface area contributed by atoms with Crippen molar-refractivity contribution in [1.29, 1.82) is 0 Å². The minimum atomic E-state index is -4.08. The third kappa shape index (κ3) is 2.71. The van der Waals surface area contributed by atoms with Gasteiger partial charge in [0.15, 0.2) is 5.03 Å². The number of primary sulfonamides is 1. The van der Waals surface area contributed by atoms with Gasteiger partial charge < -0.3 is 10.5 Å². The molecule has 1 amide bonds. The van der Waals surface area contributed by atoms with Crippen LogP contribution in [0, 0.1) is 0 Å². The van der Waals surface area contributed by atoms with Gasteiger partial charge in [-0.15, -0.1) is 0 Å². The van der Waals surface area contributed by atoms with Gasteiger partial charge in [0.05, 0.1) is 17.9 Å². The van der Waals surface area contributed by atoms with Gasteiger partial charge in [-0.2, -0.15) is 0 Å². The van der Waals surface area contributed by atoms with Crippen LogP contribution in [0.4, 0.5) is 0 Å². The SMILES string of the molecule is NC(=O)c1cc(OC2CC2)cnc1S(N)(=O)=O. The first-order valence-corrected chi connectivity index (χ1v) is 6.42. The van der Waals surface area contributed by atoms with Crippen molar-refractivity contribution in [3.8, 4) is 5.75 Å². The monoisotopic (exact) mass is 257 g/mol. The van der Waals surface area contributed by atoms with Gasteiger partial charge in [0.1, 0.15) is 5.75 Å². The van der Waals surface area contributed by atoms with E-state index in [4.69, 9.17) is 15.6 Å². The number of amides is 1. The Morgan fingerprint density at radius 2 is 2.12 bits per heavy atom. The van der Waals surface area contributed by atoms with Gasteiger partial charge in [0.25, 0.3) is 15.9 Å². The summed E-state index contributed by atoms with van der Waals surface area (Å²) in [5.74, 6) is -0.600. The molecular formula is C9H11N3O4S. The van der Waals surface area contributed by atoms with Gasteiger partial charge in [-0.1, -0.05) is 0 Å². The summed E-state index contributed by atoms with van der Waals surface area (Å²) in [6.45, 7) is 0. The number of carbonyl (C=O) groups is 1. The molecule has 7 nitrogen and oxygen atoms in total. The van der Waals surface area contributed by atoms with Crippen molar-refractivity contribution in [3.05, 3.63) is 17.8 Å². The third-order valence-corrected chi connectivity index (χ3v) is 3.05. The molecular weight excluding hydrogens is 246 g/mol. The van der Waals surface area contributed by atoms with E-state index in [0.29, 0.717) is 5.75 Å². The van der Waals surface area contributed by atoms with Crippen LogP contribution in [-0.2, 0) is 10.0 Å². The number of carbonyl (C=O) groups excluding carboxylic acids is 1. The predicted molar refractivity (Wildman–Crippen MR) is 57.8 cm³/mol. The lowest BCUT2D eigenvalue weighted by molar-refractivity contribution is 0.0995. The maximum absolute atomic E-state index is 11.2. The van der Waals surface area contributed by atoms with Crippen LogP contribution in [0.15, 0.2) is 17.3 Å². The Morgan fingerprint density at radius 1 is 1.47 bits per heavy atom. The number of sulfonamides is 1. The summed E-state index contributed by atoms with van der Waals surface area (Å²) in [4.78, 5) is 14.7. The number of aromatic nitrogens is 1. The summed E-state index contributed by atoms with van der Waals surface area (Å²) in [6, 6.07) is 1.24. The van der Waals surface area contributed by atoms with Crippen molar-refractivity contribution < 1.29 is 17.9 Å². The van der Waals surface area contributed by atoms with Crippen LogP contribution in [0.5, 0.6) is 5.75 Å². The molecule has 1 fully saturated rings. The van der Waals surface area contributed by atoms with Gasteiger partial charge in [-0.3, -0.25) is 4.79 Å². The fraction of sp³-hybridized carbons (Fsp3) is 0.333. The topological polar surface area (TPSA) is 125 Å². The molecule has 17 heavy (non-hydrogen) atoms. The molecule has 4 N–H and O–H groups in total. The summed E-state index contributed by atoms with van der Waals surface area (Å²) >= 11 is 0. The lowest BCUT2D eigenvalue weighted by Crippen LogP contribution is -2.22. The Morgan fingerprint density at radius 3 is 2.59 bits per heavy atom. The Kier molecular flexibility index (Phi) is 2.76. The van der Waals surface area contributed by atoms with Gasteiger partial charge >= 0.3 is 0 Å². The highest BCUT2D eigenvalue weighted by Crippen LogP contribution is 2.27. The van der Waals surface area contributed by atoms with E-state index >= 15 is 0 Å². The Balaban J connectivity index is 2.43. The highest BCUT2D eigenvalue weighted by molar-refractivity contribution is 7.89. The molecule has 0 radical (unpaired) electrons. The smallest absolute Gasteiger partial charge is 0.256 e. The quantitative estimate of drug-likeness (QED) is 0.742. The molecule has 0 unspecified atom stereocenters. The molecule has 8 heteroatoms. The number of rotatable bonds is 4. The lowest BCUT2D eigenvalue weighted by atomic mass is 10.2. The zero-order chi connectivity index (χ0) is 12.6. The average molecular weight is 257 g/mol. The van der Waals surface area contributed by atoms with E-state index in [1.54, 1.807) is 0 Å². The van der Waals surface area contributed by atoms with E-state index in [0.717, 1.165) is 12.8 Å². The summed E-state index contributed by atoms with van der Waals surface area (Å²) in [5, 5.41) is 4.39. The zero-order valence-electron chi connectivity index (χ0n) is 8.79. The van der Waals surface area contributed by atoms with E-state index in [2.05, 4.69) is 4.98 Å². The van der Waals surface area contributed by atoms with Crippen LogP contribution in [0.1, 0.15) is 23.2 Å². The summed E-state index contributed by atoms with van der Waals surface area (Å²) in [6.07, 6.45) is 3.19. The molecule has 1 aliphatic carbocycles. The van der Waals surface area contributed by atoms with Crippen molar-refractivity contribution in [2.24, 2.45) is 10.9 Å². The van der Waals surface area contributed by atoms with Gasteiger partial charge in [-0.05, 0) is 18.9 Å². The van der Waals surface area contributed by atoms with E-state index < -0.39 is 21.0 Å². The standard InChI is InChI=1S/C9H11N3O4S/c10-8(13)7-3-6(16-5-1-2-5)4-12-9(7)17(11,14)15/h3-5H,1-2H2,(H2,10,13)(H2,11,14,15). The number of nitrogens with zero attached hydrogens (tertiary/aromatic N) is 1. The Bertz CT molecular complexity index is 566. The van der Waals surface area contributed by atoms with Crippen molar-refractivity contribution in [2.75, 3.05) is 0 Å². The molecule has 0 atom stereocenters. The van der Waals surface area contributed by atoms with Crippen LogP contribution < -0.4 is 15.6 Å². The molecule has 1 aromatic heterocycles. The number of primary amides is 1. The van der Waals surface area contributed by atoms with Crippen molar-refractivity contribution in [2.45, 2.75) is 24.0 Å². The minimum absolute atomic E-state index is 0.109. The highest BCUT2D eigenvalue weighted by atomic mass is 32.2. The fourth-order valence-corrected chi connectivity index (χ4v) is 1.94. The second kappa shape index (κ2) is 3.97. The van der Waals surface area contributed by atoms with Crippen LogP contribution in [0.3, 0.4) is 0 Å².